The van der Waals surface area contributed by atoms with E-state index < -0.39 is 34.0 Å². The molecule has 0 unspecified atom stereocenters. The van der Waals surface area contributed by atoms with Gasteiger partial charge in [0.25, 0.3) is 0 Å². The fourth-order valence-corrected chi connectivity index (χ4v) is 2.45. The number of carboxylic acid groups (broad SMARTS) is 1. The highest BCUT2D eigenvalue weighted by Gasteiger charge is 2.24. The SMILES string of the molecule is C[C@H](O)[C@H](NS(=O)(=O)c1ccc(F)cc1)C(=O)[O-]. The lowest BCUT2D eigenvalue weighted by Crippen LogP contribution is -2.53. The Labute approximate surface area is 103 Å². The van der Waals surface area contributed by atoms with Gasteiger partial charge < -0.3 is 15.0 Å². The lowest BCUT2D eigenvalue weighted by Gasteiger charge is -2.22. The van der Waals surface area contributed by atoms with Crippen molar-refractivity contribution in [1.82, 2.24) is 4.72 Å². The number of carbonyl (C=O) groups is 1. The molecule has 0 fully saturated rings. The van der Waals surface area contributed by atoms with Crippen LogP contribution in [-0.2, 0) is 14.8 Å². The van der Waals surface area contributed by atoms with Gasteiger partial charge in [-0.05, 0) is 31.2 Å². The Bertz CT molecular complexity index is 526. The van der Waals surface area contributed by atoms with Crippen molar-refractivity contribution in [3.63, 3.8) is 0 Å². The van der Waals surface area contributed by atoms with E-state index in [0.717, 1.165) is 31.2 Å². The number of hydrogen-bond donors (Lipinski definition) is 2. The molecule has 2 atom stereocenters. The third-order valence-electron chi connectivity index (χ3n) is 2.14. The topological polar surface area (TPSA) is 107 Å². The first kappa shape index (κ1) is 14.6. The molecule has 0 amide bonds. The summed E-state index contributed by atoms with van der Waals surface area (Å²) in [7, 11) is -4.16. The predicted octanol–water partition coefficient (Wildman–Crippen LogP) is -1.40. The van der Waals surface area contributed by atoms with Crippen LogP contribution in [-0.4, -0.2) is 31.6 Å². The van der Waals surface area contributed by atoms with Gasteiger partial charge in [-0.1, -0.05) is 0 Å². The lowest BCUT2D eigenvalue weighted by molar-refractivity contribution is -0.309. The zero-order valence-electron chi connectivity index (χ0n) is 9.33. The van der Waals surface area contributed by atoms with Crippen molar-refractivity contribution >= 4 is 16.0 Å². The van der Waals surface area contributed by atoms with E-state index in [1.54, 1.807) is 4.72 Å². The number of aliphatic hydroxyl groups is 1. The first-order valence-electron chi connectivity index (χ1n) is 4.91. The van der Waals surface area contributed by atoms with Crippen molar-refractivity contribution < 1.29 is 27.8 Å². The lowest BCUT2D eigenvalue weighted by atomic mass is 10.2. The van der Waals surface area contributed by atoms with Gasteiger partial charge in [-0.3, -0.25) is 0 Å². The van der Waals surface area contributed by atoms with E-state index in [-0.39, 0.29) is 4.90 Å². The van der Waals surface area contributed by atoms with Crippen LogP contribution in [0.3, 0.4) is 0 Å². The molecule has 0 aromatic heterocycles. The zero-order chi connectivity index (χ0) is 13.9. The first-order chi connectivity index (χ1) is 8.24. The van der Waals surface area contributed by atoms with Crippen LogP contribution in [0.2, 0.25) is 0 Å². The molecule has 0 saturated carbocycles. The van der Waals surface area contributed by atoms with Crippen LogP contribution in [0.4, 0.5) is 4.39 Å². The number of aliphatic carboxylic acids is 1. The normalized spacial score (nSPS) is 15.1. The second-order valence-electron chi connectivity index (χ2n) is 3.61. The summed E-state index contributed by atoms with van der Waals surface area (Å²) in [4.78, 5) is 10.3. The van der Waals surface area contributed by atoms with Gasteiger partial charge in [-0.2, -0.15) is 4.72 Å². The average Bonchev–Trinajstić information content (AvgIpc) is 2.26. The summed E-state index contributed by atoms with van der Waals surface area (Å²) in [5.41, 5.74) is 0. The quantitative estimate of drug-likeness (QED) is 0.688. The molecule has 0 radical (unpaired) electrons. The highest BCUT2D eigenvalue weighted by Crippen LogP contribution is 2.10. The molecule has 0 aliphatic rings. The molecule has 0 aliphatic carbocycles. The minimum absolute atomic E-state index is 0.309. The molecule has 8 heteroatoms. The highest BCUT2D eigenvalue weighted by molar-refractivity contribution is 7.89. The maximum absolute atomic E-state index is 12.6. The third kappa shape index (κ3) is 3.49. The number of rotatable bonds is 5. The number of hydrogen-bond acceptors (Lipinski definition) is 5. The summed E-state index contributed by atoms with van der Waals surface area (Å²) < 4.78 is 37.9. The van der Waals surface area contributed by atoms with Crippen LogP contribution in [0.5, 0.6) is 0 Å². The number of nitrogens with one attached hydrogen (secondary N) is 1. The van der Waals surface area contributed by atoms with Crippen molar-refractivity contribution in [1.29, 1.82) is 0 Å². The van der Waals surface area contributed by atoms with Gasteiger partial charge >= 0.3 is 0 Å². The Hall–Kier alpha value is -1.51. The molecule has 1 aromatic carbocycles. The van der Waals surface area contributed by atoms with Crippen molar-refractivity contribution in [3.8, 4) is 0 Å². The minimum atomic E-state index is -4.16. The highest BCUT2D eigenvalue weighted by atomic mass is 32.2. The Morgan fingerprint density at radius 2 is 1.89 bits per heavy atom. The Kier molecular flexibility index (Phi) is 4.38. The van der Waals surface area contributed by atoms with Crippen LogP contribution in [0.1, 0.15) is 6.92 Å². The molecule has 1 aromatic rings. The number of benzene rings is 1. The molecule has 18 heavy (non-hydrogen) atoms. The average molecular weight is 276 g/mol. The van der Waals surface area contributed by atoms with Crippen molar-refractivity contribution in [2.24, 2.45) is 0 Å². The molecule has 2 N–H and O–H groups in total. The molecule has 1 rings (SSSR count). The summed E-state index contributed by atoms with van der Waals surface area (Å²) in [5.74, 6) is -2.38. The Balaban J connectivity index is 3.01. The van der Waals surface area contributed by atoms with E-state index in [0.29, 0.717) is 0 Å². The first-order valence-corrected chi connectivity index (χ1v) is 6.39. The molecule has 6 nitrogen and oxygen atoms in total. The third-order valence-corrected chi connectivity index (χ3v) is 3.60. The van der Waals surface area contributed by atoms with Gasteiger partial charge in [0.05, 0.1) is 23.0 Å². The van der Waals surface area contributed by atoms with E-state index in [9.17, 15) is 22.7 Å². The van der Waals surface area contributed by atoms with Gasteiger partial charge in [0.2, 0.25) is 10.0 Å². The molecular weight excluding hydrogens is 265 g/mol. The zero-order valence-corrected chi connectivity index (χ0v) is 10.1. The van der Waals surface area contributed by atoms with Crippen molar-refractivity contribution in [3.05, 3.63) is 30.1 Å². The van der Waals surface area contributed by atoms with Crippen LogP contribution in [0.15, 0.2) is 29.2 Å². The van der Waals surface area contributed by atoms with E-state index in [1.165, 1.54) is 0 Å². The van der Waals surface area contributed by atoms with Gasteiger partial charge in [0.1, 0.15) is 5.82 Å². The summed E-state index contributed by atoms with van der Waals surface area (Å²) in [6, 6.07) is 2.02. The molecule has 0 saturated heterocycles. The van der Waals surface area contributed by atoms with Gasteiger partial charge in [0, 0.05) is 0 Å². The monoisotopic (exact) mass is 276 g/mol. The maximum atomic E-state index is 12.6. The minimum Gasteiger partial charge on any atom is -0.548 e. The summed E-state index contributed by atoms with van der Waals surface area (Å²) in [6.45, 7) is 1.10. The Morgan fingerprint density at radius 3 is 2.28 bits per heavy atom. The van der Waals surface area contributed by atoms with Gasteiger partial charge in [-0.15, -0.1) is 0 Å². The van der Waals surface area contributed by atoms with Gasteiger partial charge in [-0.25, -0.2) is 12.8 Å². The molecule has 0 aliphatic heterocycles. The number of aliphatic hydroxyl groups excluding tert-OH is 1. The van der Waals surface area contributed by atoms with Crippen LogP contribution in [0.25, 0.3) is 0 Å². The van der Waals surface area contributed by atoms with Crippen molar-refractivity contribution in [2.75, 3.05) is 0 Å². The fourth-order valence-electron chi connectivity index (χ4n) is 1.19. The van der Waals surface area contributed by atoms with Crippen LogP contribution in [0, 0.1) is 5.82 Å². The predicted molar refractivity (Wildman–Crippen MR) is 57.2 cm³/mol. The Morgan fingerprint density at radius 1 is 1.39 bits per heavy atom. The molecule has 0 bridgehead atoms. The van der Waals surface area contributed by atoms with Gasteiger partial charge in [0.15, 0.2) is 0 Å². The van der Waals surface area contributed by atoms with E-state index in [2.05, 4.69) is 0 Å². The second-order valence-corrected chi connectivity index (χ2v) is 5.33. The smallest absolute Gasteiger partial charge is 0.241 e. The molecule has 0 heterocycles. The standard InChI is InChI=1S/C10H12FNO5S/c1-6(13)9(10(14)15)12-18(16,17)8-4-2-7(11)3-5-8/h2-6,9,12-13H,1H3,(H,14,15)/p-1/t6-,9-/m0/s1. The second kappa shape index (κ2) is 5.42. The van der Waals surface area contributed by atoms with Crippen LogP contribution >= 0.6 is 0 Å². The largest absolute Gasteiger partial charge is 0.548 e. The fraction of sp³-hybridized carbons (Fsp3) is 0.300. The van der Waals surface area contributed by atoms with Crippen molar-refractivity contribution in [2.45, 2.75) is 24.0 Å². The molecular formula is C10H11FNO5S-. The summed E-state index contributed by atoms with van der Waals surface area (Å²) in [5, 5.41) is 19.8. The maximum Gasteiger partial charge on any atom is 0.241 e. The summed E-state index contributed by atoms with van der Waals surface area (Å²) in [6.07, 6.45) is -1.47. The van der Waals surface area contributed by atoms with E-state index in [4.69, 9.17) is 5.11 Å². The number of sulfonamides is 1. The van der Waals surface area contributed by atoms with E-state index >= 15 is 0 Å². The van der Waals surface area contributed by atoms with E-state index in [1.807, 2.05) is 0 Å². The molecule has 100 valence electrons. The number of carbonyl (C=O) groups excluding carboxylic acids is 1. The van der Waals surface area contributed by atoms with Crippen LogP contribution < -0.4 is 9.83 Å². The number of carboxylic acids is 1. The molecule has 0 spiro atoms. The summed E-state index contributed by atoms with van der Waals surface area (Å²) >= 11 is 0. The number of halogens is 1.